The van der Waals surface area contributed by atoms with Gasteiger partial charge in [0.15, 0.2) is 5.11 Å². The number of nitrogens with one attached hydrogen (secondary N) is 1. The van der Waals surface area contributed by atoms with Crippen molar-refractivity contribution in [1.82, 2.24) is 4.90 Å². The van der Waals surface area contributed by atoms with Crippen LogP contribution in [-0.4, -0.2) is 40.9 Å². The van der Waals surface area contributed by atoms with Crippen molar-refractivity contribution in [2.45, 2.75) is 19.0 Å². The van der Waals surface area contributed by atoms with Gasteiger partial charge in [0, 0.05) is 22.3 Å². The number of esters is 1. The summed E-state index contributed by atoms with van der Waals surface area (Å²) in [5.41, 5.74) is 2.25. The van der Waals surface area contributed by atoms with Gasteiger partial charge >= 0.3 is 5.97 Å². The Labute approximate surface area is 223 Å². The Bertz CT molecular complexity index is 1320. The van der Waals surface area contributed by atoms with E-state index in [2.05, 4.69) is 10.1 Å². The molecule has 0 aliphatic carbocycles. The molecule has 4 rings (SSSR count). The maximum absolute atomic E-state index is 13.5. The highest BCUT2D eigenvalue weighted by Crippen LogP contribution is 2.30. The fourth-order valence-electron chi connectivity index (χ4n) is 3.85. The van der Waals surface area contributed by atoms with Gasteiger partial charge in [0.1, 0.15) is 6.04 Å². The van der Waals surface area contributed by atoms with Crippen molar-refractivity contribution >= 4 is 69.7 Å². The van der Waals surface area contributed by atoms with Crippen molar-refractivity contribution < 1.29 is 19.1 Å². The van der Waals surface area contributed by atoms with Crippen LogP contribution in [0.2, 0.25) is 10.0 Å². The van der Waals surface area contributed by atoms with Crippen LogP contribution < -0.4 is 10.2 Å². The molecule has 1 N–H and O–H groups in total. The van der Waals surface area contributed by atoms with Crippen molar-refractivity contribution in [2.75, 3.05) is 17.3 Å². The molecule has 1 heterocycles. The summed E-state index contributed by atoms with van der Waals surface area (Å²) in [7, 11) is 1.30. The lowest BCUT2D eigenvalue weighted by Crippen LogP contribution is -2.37. The highest BCUT2D eigenvalue weighted by Gasteiger charge is 2.44. The molecule has 1 atom stereocenters. The maximum Gasteiger partial charge on any atom is 0.337 e. The zero-order valence-electron chi connectivity index (χ0n) is 19.1. The first-order valence-corrected chi connectivity index (χ1v) is 12.1. The second-order valence-corrected chi connectivity index (χ2v) is 9.27. The van der Waals surface area contributed by atoms with E-state index in [0.717, 1.165) is 5.56 Å². The van der Waals surface area contributed by atoms with Crippen LogP contribution in [0.3, 0.4) is 0 Å². The molecule has 184 valence electrons. The fourth-order valence-corrected chi connectivity index (χ4v) is 4.55. The molecule has 1 saturated heterocycles. The van der Waals surface area contributed by atoms with Gasteiger partial charge in [-0.15, -0.1) is 0 Å². The fraction of sp³-hybridized carbons (Fsp3) is 0.154. The summed E-state index contributed by atoms with van der Waals surface area (Å²) in [6.07, 6.45) is -0.137. The van der Waals surface area contributed by atoms with Crippen molar-refractivity contribution in [2.24, 2.45) is 0 Å². The molecule has 0 spiro atoms. The van der Waals surface area contributed by atoms with Crippen LogP contribution in [0.5, 0.6) is 0 Å². The van der Waals surface area contributed by atoms with Gasteiger partial charge in [-0.2, -0.15) is 0 Å². The van der Waals surface area contributed by atoms with Crippen LogP contribution in [0.4, 0.5) is 11.4 Å². The van der Waals surface area contributed by atoms with Gasteiger partial charge in [-0.3, -0.25) is 14.5 Å². The molecule has 0 radical (unpaired) electrons. The van der Waals surface area contributed by atoms with Crippen molar-refractivity contribution in [3.8, 4) is 0 Å². The van der Waals surface area contributed by atoms with E-state index in [9.17, 15) is 14.4 Å². The predicted molar refractivity (Wildman–Crippen MR) is 143 cm³/mol. The molecule has 0 saturated carbocycles. The number of methoxy groups -OCH3 is 1. The summed E-state index contributed by atoms with van der Waals surface area (Å²) in [5.74, 6) is -1.18. The summed E-state index contributed by atoms with van der Waals surface area (Å²) >= 11 is 17.9. The number of halogens is 2. The lowest BCUT2D eigenvalue weighted by atomic mass is 10.1. The minimum atomic E-state index is -0.832. The summed E-state index contributed by atoms with van der Waals surface area (Å²) in [6, 6.07) is 19.5. The van der Waals surface area contributed by atoms with E-state index < -0.39 is 12.0 Å². The first kappa shape index (κ1) is 25.6. The number of benzene rings is 3. The van der Waals surface area contributed by atoms with E-state index in [-0.39, 0.29) is 23.3 Å². The lowest BCUT2D eigenvalue weighted by Gasteiger charge is -2.24. The average Bonchev–Trinajstić information content (AvgIpc) is 3.09. The summed E-state index contributed by atoms with van der Waals surface area (Å²) in [5, 5.41) is 4.10. The minimum absolute atomic E-state index is 0.137. The molecule has 3 aromatic carbocycles. The Hall–Kier alpha value is -3.46. The monoisotopic (exact) mass is 541 g/mol. The maximum atomic E-state index is 13.5. The van der Waals surface area contributed by atoms with Gasteiger partial charge in [-0.25, -0.2) is 4.79 Å². The molecule has 0 aromatic heterocycles. The standard InChI is InChI=1S/C26H21Cl2N3O4S/c1-35-25(34)17-7-11-20(12-8-17)29-23(32)14-22-24(33)31(21-4-2-3-19(28)13-21)26(36)30(22)15-16-5-9-18(27)10-6-16/h2-13,22H,14-15H2,1H3,(H,29,32). The number of ether oxygens (including phenoxy) is 1. The topological polar surface area (TPSA) is 78.9 Å². The molecule has 1 aliphatic heterocycles. The molecule has 7 nitrogen and oxygen atoms in total. The van der Waals surface area contributed by atoms with E-state index >= 15 is 0 Å². The van der Waals surface area contributed by atoms with Gasteiger partial charge in [-0.05, 0) is 72.4 Å². The lowest BCUT2D eigenvalue weighted by molar-refractivity contribution is -0.124. The molecular weight excluding hydrogens is 521 g/mol. The number of amides is 2. The Morgan fingerprint density at radius 3 is 2.33 bits per heavy atom. The van der Waals surface area contributed by atoms with Crippen LogP contribution in [0.15, 0.2) is 72.8 Å². The van der Waals surface area contributed by atoms with Gasteiger partial charge in [-0.1, -0.05) is 41.4 Å². The molecule has 36 heavy (non-hydrogen) atoms. The summed E-state index contributed by atoms with van der Waals surface area (Å²) < 4.78 is 4.69. The highest BCUT2D eigenvalue weighted by molar-refractivity contribution is 7.80. The van der Waals surface area contributed by atoms with Gasteiger partial charge in [0.25, 0.3) is 5.91 Å². The van der Waals surface area contributed by atoms with E-state index in [1.807, 2.05) is 12.1 Å². The third kappa shape index (κ3) is 5.67. The van der Waals surface area contributed by atoms with Crippen LogP contribution in [0.1, 0.15) is 22.3 Å². The van der Waals surface area contributed by atoms with Crippen molar-refractivity contribution in [3.05, 3.63) is 94.0 Å². The van der Waals surface area contributed by atoms with E-state index in [0.29, 0.717) is 33.5 Å². The Kier molecular flexibility index (Phi) is 7.88. The third-order valence-corrected chi connectivity index (χ3v) is 6.52. The first-order chi connectivity index (χ1) is 17.3. The number of hydrogen-bond acceptors (Lipinski definition) is 5. The Balaban J connectivity index is 1.56. The number of thiocarbonyl (C=S) groups is 1. The normalized spacial score (nSPS) is 15.2. The predicted octanol–water partition coefficient (Wildman–Crippen LogP) is 5.31. The highest BCUT2D eigenvalue weighted by atomic mass is 35.5. The Morgan fingerprint density at radius 1 is 1.00 bits per heavy atom. The van der Waals surface area contributed by atoms with E-state index in [4.69, 9.17) is 35.4 Å². The van der Waals surface area contributed by atoms with Crippen LogP contribution in [-0.2, 0) is 20.9 Å². The van der Waals surface area contributed by atoms with E-state index in [1.165, 1.54) is 12.0 Å². The largest absolute Gasteiger partial charge is 0.465 e. The van der Waals surface area contributed by atoms with Crippen LogP contribution in [0, 0.1) is 0 Å². The van der Waals surface area contributed by atoms with Crippen molar-refractivity contribution in [1.29, 1.82) is 0 Å². The van der Waals surface area contributed by atoms with Crippen molar-refractivity contribution in [3.63, 3.8) is 0 Å². The van der Waals surface area contributed by atoms with Gasteiger partial charge in [0.05, 0.1) is 24.8 Å². The third-order valence-electron chi connectivity index (χ3n) is 5.62. The molecule has 3 aromatic rings. The van der Waals surface area contributed by atoms with E-state index in [1.54, 1.807) is 65.6 Å². The molecule has 10 heteroatoms. The number of anilines is 2. The first-order valence-electron chi connectivity index (χ1n) is 10.9. The molecule has 0 bridgehead atoms. The average molecular weight is 542 g/mol. The number of rotatable bonds is 7. The summed E-state index contributed by atoms with van der Waals surface area (Å²) in [4.78, 5) is 41.2. The number of carbonyl (C=O) groups excluding carboxylic acids is 3. The van der Waals surface area contributed by atoms with Gasteiger partial charge in [0.2, 0.25) is 5.91 Å². The number of carbonyl (C=O) groups is 3. The smallest absolute Gasteiger partial charge is 0.337 e. The number of hydrogen-bond donors (Lipinski definition) is 1. The second kappa shape index (κ2) is 11.1. The molecule has 1 fully saturated rings. The molecule has 2 amide bonds. The van der Waals surface area contributed by atoms with Gasteiger partial charge < -0.3 is 15.0 Å². The molecule has 1 unspecified atom stereocenters. The minimum Gasteiger partial charge on any atom is -0.465 e. The zero-order chi connectivity index (χ0) is 25.8. The number of nitrogens with zero attached hydrogens (tertiary/aromatic N) is 2. The summed E-state index contributed by atoms with van der Waals surface area (Å²) in [6.45, 7) is 0.310. The molecule has 1 aliphatic rings. The Morgan fingerprint density at radius 2 is 1.69 bits per heavy atom. The molecular formula is C26H21Cl2N3O4S. The van der Waals surface area contributed by atoms with Crippen LogP contribution >= 0.6 is 35.4 Å². The quantitative estimate of drug-likeness (QED) is 0.322. The SMILES string of the molecule is COC(=O)c1ccc(NC(=O)CC2C(=O)N(c3cccc(Cl)c3)C(=S)N2Cc2ccc(Cl)cc2)cc1. The zero-order valence-corrected chi connectivity index (χ0v) is 21.4. The van der Waals surface area contributed by atoms with Crippen LogP contribution in [0.25, 0.3) is 0 Å². The second-order valence-electron chi connectivity index (χ2n) is 8.03.